The number of nitrogens with zero attached hydrogens (tertiary/aromatic N) is 2. The topological polar surface area (TPSA) is 55.1 Å². The van der Waals surface area contributed by atoms with E-state index in [1.807, 2.05) is 44.6 Å². The standard InChI is InChI=1S/C15H18N2O2/c1-5-17-8-14(11(4)16-17)12-7-13(15(18)19)10(3)6-9(12)2/h6-8H,5H2,1-4H3,(H,18,19). The number of hydrogen-bond donors (Lipinski definition) is 1. The Morgan fingerprint density at radius 1 is 1.21 bits per heavy atom. The number of carboxylic acid groups (broad SMARTS) is 1. The van der Waals surface area contributed by atoms with E-state index in [1.54, 1.807) is 6.07 Å². The lowest BCUT2D eigenvalue weighted by Crippen LogP contribution is -2.01. The lowest BCUT2D eigenvalue weighted by atomic mass is 9.95. The minimum absolute atomic E-state index is 0.351. The summed E-state index contributed by atoms with van der Waals surface area (Å²) < 4.78 is 1.87. The van der Waals surface area contributed by atoms with Crippen molar-refractivity contribution in [1.82, 2.24) is 9.78 Å². The van der Waals surface area contributed by atoms with Gasteiger partial charge in [-0.1, -0.05) is 6.07 Å². The van der Waals surface area contributed by atoms with Crippen LogP contribution in [0.2, 0.25) is 0 Å². The molecule has 0 aliphatic rings. The molecule has 1 aromatic heterocycles. The van der Waals surface area contributed by atoms with E-state index < -0.39 is 5.97 Å². The lowest BCUT2D eigenvalue weighted by Gasteiger charge is -2.09. The predicted octanol–water partition coefficient (Wildman–Crippen LogP) is 3.19. The highest BCUT2D eigenvalue weighted by atomic mass is 16.4. The summed E-state index contributed by atoms with van der Waals surface area (Å²) in [5, 5.41) is 13.6. The second kappa shape index (κ2) is 4.88. The maximum Gasteiger partial charge on any atom is 0.335 e. The highest BCUT2D eigenvalue weighted by molar-refractivity contribution is 5.91. The van der Waals surface area contributed by atoms with Gasteiger partial charge in [0.15, 0.2) is 0 Å². The first-order valence-corrected chi connectivity index (χ1v) is 6.33. The van der Waals surface area contributed by atoms with Gasteiger partial charge in [-0.25, -0.2) is 4.79 Å². The molecule has 0 saturated carbocycles. The lowest BCUT2D eigenvalue weighted by molar-refractivity contribution is 0.0696. The largest absolute Gasteiger partial charge is 0.478 e. The molecule has 100 valence electrons. The van der Waals surface area contributed by atoms with Gasteiger partial charge in [0, 0.05) is 18.3 Å². The summed E-state index contributed by atoms with van der Waals surface area (Å²) in [4.78, 5) is 11.2. The van der Waals surface area contributed by atoms with Crippen LogP contribution in [0, 0.1) is 20.8 Å². The molecule has 0 fully saturated rings. The van der Waals surface area contributed by atoms with E-state index in [-0.39, 0.29) is 0 Å². The maximum atomic E-state index is 11.2. The van der Waals surface area contributed by atoms with Crippen LogP contribution in [0.1, 0.15) is 34.1 Å². The van der Waals surface area contributed by atoms with Gasteiger partial charge in [-0.15, -0.1) is 0 Å². The fourth-order valence-corrected chi connectivity index (χ4v) is 2.32. The van der Waals surface area contributed by atoms with Gasteiger partial charge < -0.3 is 5.11 Å². The van der Waals surface area contributed by atoms with Crippen molar-refractivity contribution in [3.63, 3.8) is 0 Å². The molecule has 0 bridgehead atoms. The molecule has 0 atom stereocenters. The molecule has 1 aromatic carbocycles. The molecule has 0 radical (unpaired) electrons. The van der Waals surface area contributed by atoms with Crippen LogP contribution in [0.25, 0.3) is 11.1 Å². The third kappa shape index (κ3) is 2.38. The Balaban J connectivity index is 2.64. The number of carbonyl (C=O) groups is 1. The molecule has 4 heteroatoms. The number of benzene rings is 1. The van der Waals surface area contributed by atoms with Crippen LogP contribution in [-0.4, -0.2) is 20.9 Å². The SMILES string of the molecule is CCn1cc(-c2cc(C(=O)O)c(C)cc2C)c(C)n1. The Morgan fingerprint density at radius 2 is 1.89 bits per heavy atom. The molecule has 0 amide bonds. The summed E-state index contributed by atoms with van der Waals surface area (Å²) in [7, 11) is 0. The molecule has 0 spiro atoms. The van der Waals surface area contributed by atoms with Gasteiger partial charge in [0.1, 0.15) is 0 Å². The Bertz CT molecular complexity index is 642. The van der Waals surface area contributed by atoms with Crippen molar-refractivity contribution in [3.8, 4) is 11.1 Å². The first-order chi connectivity index (χ1) is 8.93. The van der Waals surface area contributed by atoms with Crippen LogP contribution in [-0.2, 0) is 6.54 Å². The second-order valence-corrected chi connectivity index (χ2v) is 4.77. The number of aromatic nitrogens is 2. The van der Waals surface area contributed by atoms with Crippen molar-refractivity contribution in [1.29, 1.82) is 0 Å². The molecule has 4 nitrogen and oxygen atoms in total. The zero-order chi connectivity index (χ0) is 14.2. The van der Waals surface area contributed by atoms with E-state index in [0.29, 0.717) is 5.56 Å². The molecule has 2 rings (SSSR count). The van der Waals surface area contributed by atoms with Crippen LogP contribution in [0.4, 0.5) is 0 Å². The number of rotatable bonds is 3. The van der Waals surface area contributed by atoms with Crippen molar-refractivity contribution in [2.75, 3.05) is 0 Å². The Morgan fingerprint density at radius 3 is 2.42 bits per heavy atom. The smallest absolute Gasteiger partial charge is 0.335 e. The summed E-state index contributed by atoms with van der Waals surface area (Å²) in [6.45, 7) is 8.60. The van der Waals surface area contributed by atoms with E-state index in [1.165, 1.54) is 0 Å². The minimum Gasteiger partial charge on any atom is -0.478 e. The van der Waals surface area contributed by atoms with Crippen LogP contribution in [0.5, 0.6) is 0 Å². The Hall–Kier alpha value is -2.10. The monoisotopic (exact) mass is 258 g/mol. The van der Waals surface area contributed by atoms with Gasteiger partial charge in [0.25, 0.3) is 0 Å². The van der Waals surface area contributed by atoms with Crippen LogP contribution in [0.15, 0.2) is 18.3 Å². The van der Waals surface area contributed by atoms with E-state index >= 15 is 0 Å². The van der Waals surface area contributed by atoms with Gasteiger partial charge in [-0.2, -0.15) is 5.10 Å². The second-order valence-electron chi connectivity index (χ2n) is 4.77. The molecule has 0 aliphatic carbocycles. The fraction of sp³-hybridized carbons (Fsp3) is 0.333. The van der Waals surface area contributed by atoms with Gasteiger partial charge in [0.05, 0.1) is 11.3 Å². The maximum absolute atomic E-state index is 11.2. The van der Waals surface area contributed by atoms with E-state index in [0.717, 1.165) is 34.5 Å². The third-order valence-corrected chi connectivity index (χ3v) is 3.36. The first-order valence-electron chi connectivity index (χ1n) is 6.33. The highest BCUT2D eigenvalue weighted by Crippen LogP contribution is 2.28. The van der Waals surface area contributed by atoms with E-state index in [9.17, 15) is 9.90 Å². The van der Waals surface area contributed by atoms with Crippen molar-refractivity contribution < 1.29 is 9.90 Å². The summed E-state index contributed by atoms with van der Waals surface area (Å²) >= 11 is 0. The molecule has 2 aromatic rings. The molecule has 0 saturated heterocycles. The summed E-state index contributed by atoms with van der Waals surface area (Å²) in [6.07, 6.45) is 1.97. The van der Waals surface area contributed by atoms with Gasteiger partial charge >= 0.3 is 5.97 Å². The van der Waals surface area contributed by atoms with Crippen molar-refractivity contribution >= 4 is 5.97 Å². The number of aryl methyl sites for hydroxylation is 4. The van der Waals surface area contributed by atoms with Gasteiger partial charge in [0.2, 0.25) is 0 Å². The van der Waals surface area contributed by atoms with Crippen LogP contribution >= 0.6 is 0 Å². The summed E-state index contributed by atoms with van der Waals surface area (Å²) in [5.41, 5.74) is 5.08. The zero-order valence-electron chi connectivity index (χ0n) is 11.7. The Labute approximate surface area is 112 Å². The summed E-state index contributed by atoms with van der Waals surface area (Å²) in [6, 6.07) is 3.67. The van der Waals surface area contributed by atoms with Crippen molar-refractivity contribution in [2.24, 2.45) is 0 Å². The molecule has 19 heavy (non-hydrogen) atoms. The third-order valence-electron chi connectivity index (χ3n) is 3.36. The van der Waals surface area contributed by atoms with Crippen molar-refractivity contribution in [2.45, 2.75) is 34.2 Å². The van der Waals surface area contributed by atoms with Crippen molar-refractivity contribution in [3.05, 3.63) is 40.7 Å². The fourth-order valence-electron chi connectivity index (χ4n) is 2.32. The van der Waals surface area contributed by atoms with Gasteiger partial charge in [-0.3, -0.25) is 4.68 Å². The van der Waals surface area contributed by atoms with E-state index in [4.69, 9.17) is 0 Å². The summed E-state index contributed by atoms with van der Waals surface area (Å²) in [5.74, 6) is -0.890. The van der Waals surface area contributed by atoms with Crippen LogP contribution in [0.3, 0.4) is 0 Å². The quantitative estimate of drug-likeness (QED) is 0.919. The Kier molecular flexibility index (Phi) is 3.42. The molecule has 0 aliphatic heterocycles. The minimum atomic E-state index is -0.890. The molecular formula is C15H18N2O2. The number of aromatic carboxylic acids is 1. The number of hydrogen-bond acceptors (Lipinski definition) is 2. The van der Waals surface area contributed by atoms with Crippen LogP contribution < -0.4 is 0 Å². The highest BCUT2D eigenvalue weighted by Gasteiger charge is 2.14. The first kappa shape index (κ1) is 13.3. The predicted molar refractivity (Wildman–Crippen MR) is 74.5 cm³/mol. The molecular weight excluding hydrogens is 240 g/mol. The molecule has 0 unspecified atom stereocenters. The normalized spacial score (nSPS) is 10.7. The average Bonchev–Trinajstić information content (AvgIpc) is 2.70. The zero-order valence-corrected chi connectivity index (χ0v) is 11.7. The molecule has 1 heterocycles. The average molecular weight is 258 g/mol. The number of carboxylic acids is 1. The van der Waals surface area contributed by atoms with E-state index in [2.05, 4.69) is 5.10 Å². The van der Waals surface area contributed by atoms with Gasteiger partial charge in [-0.05, 0) is 50.5 Å². The molecule has 1 N–H and O–H groups in total.